The number of terminal acetylenes is 1. The highest BCUT2D eigenvalue weighted by atomic mass is 32.2. The normalized spacial score (nSPS) is 11.0. The van der Waals surface area contributed by atoms with E-state index in [-0.39, 0.29) is 0 Å². The van der Waals surface area contributed by atoms with Gasteiger partial charge in [0.1, 0.15) is 0 Å². The van der Waals surface area contributed by atoms with E-state index in [0.717, 1.165) is 19.5 Å². The Bertz CT molecular complexity index is 486. The van der Waals surface area contributed by atoms with Gasteiger partial charge in [-0.1, -0.05) is 55.1 Å². The highest BCUT2D eigenvalue weighted by Gasteiger charge is 2.12. The first-order chi connectivity index (χ1) is 12.5. The average Bonchev–Trinajstić information content (AvgIpc) is 2.64. The number of allylic oxidation sites excluding steroid dienone is 6. The fourth-order valence-electron chi connectivity index (χ4n) is 1.97. The minimum absolute atomic E-state index is 1.01. The number of hydrogen-bond donors (Lipinski definition) is 1. The highest BCUT2D eigenvalue weighted by Crippen LogP contribution is 2.35. The Hall–Kier alpha value is -1.63. The maximum atomic E-state index is 4.00. The number of nitrogens with zero attached hydrogens (tertiary/aromatic N) is 1. The summed E-state index contributed by atoms with van der Waals surface area (Å²) in [6.45, 7) is 18.9. The zero-order chi connectivity index (χ0) is 21.0. The smallest absolute Gasteiger partial charge is 0.0464 e. The Kier molecular flexibility index (Phi) is 24.0. The van der Waals surface area contributed by atoms with Gasteiger partial charge < -0.3 is 10.2 Å². The van der Waals surface area contributed by atoms with Crippen molar-refractivity contribution in [3.8, 4) is 12.8 Å². The molecule has 148 valence electrons. The lowest BCUT2D eigenvalue weighted by atomic mass is 10.3. The van der Waals surface area contributed by atoms with Crippen LogP contribution in [0.4, 0.5) is 0 Å². The van der Waals surface area contributed by atoms with E-state index in [2.05, 4.69) is 95.5 Å². The van der Waals surface area contributed by atoms with Gasteiger partial charge in [-0.2, -0.15) is 0 Å². The van der Waals surface area contributed by atoms with Crippen molar-refractivity contribution in [3.63, 3.8) is 0 Å². The van der Waals surface area contributed by atoms with Crippen LogP contribution in [0, 0.1) is 12.8 Å². The predicted molar refractivity (Wildman–Crippen MR) is 125 cm³/mol. The molecule has 0 rings (SSSR count). The molecule has 0 saturated carbocycles. The molecule has 0 spiro atoms. The van der Waals surface area contributed by atoms with Gasteiger partial charge in [0.05, 0.1) is 0 Å². The van der Waals surface area contributed by atoms with Crippen LogP contribution in [0.25, 0.3) is 0 Å². The molecule has 0 saturated heterocycles. The first-order valence-electron chi connectivity index (χ1n) is 9.15. The van der Waals surface area contributed by atoms with Gasteiger partial charge >= 0.3 is 0 Å². The highest BCUT2D eigenvalue weighted by molar-refractivity contribution is 8.07. The number of nitrogens with one attached hydrogen (secondary N) is 1. The summed E-state index contributed by atoms with van der Waals surface area (Å²) in [7, 11) is 3.75. The second-order valence-electron chi connectivity index (χ2n) is 5.39. The SMILES string of the molecule is C#C.C=C/C=C(SC(/C=C\CC)=C(C)C)\C(=C/C)N(CC)CC.CNC. The van der Waals surface area contributed by atoms with Crippen molar-refractivity contribution in [2.45, 2.75) is 48.0 Å². The monoisotopic (exact) mass is 376 g/mol. The van der Waals surface area contributed by atoms with Crippen molar-refractivity contribution in [1.29, 1.82) is 0 Å². The van der Waals surface area contributed by atoms with E-state index in [1.54, 1.807) is 0 Å². The molecule has 1 N–H and O–H groups in total. The third kappa shape index (κ3) is 13.6. The quantitative estimate of drug-likeness (QED) is 0.371. The van der Waals surface area contributed by atoms with Crippen molar-refractivity contribution in [1.82, 2.24) is 10.2 Å². The van der Waals surface area contributed by atoms with E-state index in [0.29, 0.717) is 0 Å². The number of likely N-dealkylation sites (N-methyl/N-ethyl adjacent to an activating group) is 1. The molecule has 0 aromatic carbocycles. The zero-order valence-corrected chi connectivity index (χ0v) is 19.0. The summed E-state index contributed by atoms with van der Waals surface area (Å²) in [6, 6.07) is 0. The van der Waals surface area contributed by atoms with Crippen molar-refractivity contribution in [2.24, 2.45) is 0 Å². The van der Waals surface area contributed by atoms with Crippen LogP contribution in [0.1, 0.15) is 48.0 Å². The molecule has 0 atom stereocenters. The molecule has 26 heavy (non-hydrogen) atoms. The van der Waals surface area contributed by atoms with Gasteiger partial charge in [0, 0.05) is 28.6 Å². The molecule has 0 aromatic heterocycles. The fraction of sp³-hybridized carbons (Fsp3) is 0.478. The Morgan fingerprint density at radius 1 is 1.12 bits per heavy atom. The van der Waals surface area contributed by atoms with E-state index in [1.807, 2.05) is 31.9 Å². The van der Waals surface area contributed by atoms with Crippen molar-refractivity contribution in [2.75, 3.05) is 27.2 Å². The molecule has 0 radical (unpaired) electrons. The topological polar surface area (TPSA) is 15.3 Å². The molecule has 0 aromatic rings. The third-order valence-electron chi connectivity index (χ3n) is 3.12. The molecule has 0 aliphatic carbocycles. The Morgan fingerprint density at radius 3 is 1.92 bits per heavy atom. The van der Waals surface area contributed by atoms with Crippen LogP contribution < -0.4 is 5.32 Å². The number of hydrogen-bond acceptors (Lipinski definition) is 3. The van der Waals surface area contributed by atoms with Crippen LogP contribution in [0.2, 0.25) is 0 Å². The Balaban J connectivity index is -0.000000950. The summed E-state index contributed by atoms with van der Waals surface area (Å²) in [5.74, 6) is 0. The summed E-state index contributed by atoms with van der Waals surface area (Å²) in [5.41, 5.74) is 2.63. The predicted octanol–water partition coefficient (Wildman–Crippen LogP) is 6.38. The maximum absolute atomic E-state index is 4.00. The third-order valence-corrected chi connectivity index (χ3v) is 4.45. The van der Waals surface area contributed by atoms with Gasteiger partial charge in [0.15, 0.2) is 0 Å². The van der Waals surface area contributed by atoms with Gasteiger partial charge in [0.2, 0.25) is 0 Å². The Labute approximate surface area is 168 Å². The van der Waals surface area contributed by atoms with Crippen LogP contribution in [0.5, 0.6) is 0 Å². The molecule has 3 heteroatoms. The van der Waals surface area contributed by atoms with E-state index < -0.39 is 0 Å². The lowest BCUT2D eigenvalue weighted by Crippen LogP contribution is -2.22. The summed E-state index contributed by atoms with van der Waals surface area (Å²) < 4.78 is 0. The van der Waals surface area contributed by atoms with Crippen LogP contribution in [-0.2, 0) is 0 Å². The van der Waals surface area contributed by atoms with Gasteiger partial charge in [0.25, 0.3) is 0 Å². The van der Waals surface area contributed by atoms with E-state index in [1.165, 1.54) is 21.1 Å². The summed E-state index contributed by atoms with van der Waals surface area (Å²) in [6.07, 6.45) is 19.7. The molecule has 2 nitrogen and oxygen atoms in total. The van der Waals surface area contributed by atoms with E-state index in [4.69, 9.17) is 0 Å². The fourth-order valence-corrected chi connectivity index (χ4v) is 3.09. The lowest BCUT2D eigenvalue weighted by molar-refractivity contribution is 0.392. The second kappa shape index (κ2) is 21.4. The standard InChI is InChI=1S/C19H31NS.C2H7N.C2H2/c1-8-13-15-18(16(6)7)21-19(14-9-2)17(10-3)20(11-4)12-5;1-3-2;1-2/h9-10,13-15H,2,8,11-12H2,1,3-7H3;3H,1-2H3;1-2H/b15-13-,17-10+,19-14+;;. The first kappa shape index (κ1) is 29.1. The van der Waals surface area contributed by atoms with Crippen molar-refractivity contribution < 1.29 is 0 Å². The molecular formula is C23H40N2S. The maximum Gasteiger partial charge on any atom is 0.0464 e. The molecule has 0 bridgehead atoms. The van der Waals surface area contributed by atoms with E-state index >= 15 is 0 Å². The molecule has 0 aliphatic rings. The van der Waals surface area contributed by atoms with Crippen molar-refractivity contribution >= 4 is 11.8 Å². The summed E-state index contributed by atoms with van der Waals surface area (Å²) in [4.78, 5) is 4.96. The second-order valence-corrected chi connectivity index (χ2v) is 6.47. The average molecular weight is 377 g/mol. The molecule has 0 amide bonds. The first-order valence-corrected chi connectivity index (χ1v) is 9.96. The van der Waals surface area contributed by atoms with Crippen LogP contribution in [-0.4, -0.2) is 32.1 Å². The van der Waals surface area contributed by atoms with Gasteiger partial charge in [-0.3, -0.25) is 0 Å². The van der Waals surface area contributed by atoms with Crippen LogP contribution in [0.15, 0.2) is 58.0 Å². The van der Waals surface area contributed by atoms with Crippen LogP contribution in [0.3, 0.4) is 0 Å². The zero-order valence-electron chi connectivity index (χ0n) is 18.2. The van der Waals surface area contributed by atoms with Gasteiger partial charge in [-0.25, -0.2) is 0 Å². The molecule has 0 heterocycles. The molecule has 0 aliphatic heterocycles. The van der Waals surface area contributed by atoms with Crippen LogP contribution >= 0.6 is 11.8 Å². The molecular weight excluding hydrogens is 336 g/mol. The molecule has 0 unspecified atom stereocenters. The molecule has 0 fully saturated rings. The van der Waals surface area contributed by atoms with Crippen molar-refractivity contribution in [3.05, 3.63) is 58.0 Å². The minimum Gasteiger partial charge on any atom is -0.371 e. The van der Waals surface area contributed by atoms with Gasteiger partial charge in [-0.05, 0) is 61.2 Å². The Morgan fingerprint density at radius 2 is 1.62 bits per heavy atom. The van der Waals surface area contributed by atoms with E-state index in [9.17, 15) is 0 Å². The minimum atomic E-state index is 1.01. The lowest BCUT2D eigenvalue weighted by Gasteiger charge is -2.26. The summed E-state index contributed by atoms with van der Waals surface area (Å²) in [5, 5.41) is 2.75. The number of thioether (sulfide) groups is 1. The largest absolute Gasteiger partial charge is 0.371 e. The van der Waals surface area contributed by atoms with Gasteiger partial charge in [-0.15, -0.1) is 12.8 Å². The summed E-state index contributed by atoms with van der Waals surface area (Å²) >= 11 is 1.83. The number of rotatable bonds is 9.